The largest absolute Gasteiger partial charge is 0.388 e. The van der Waals surface area contributed by atoms with E-state index in [9.17, 15) is 19.7 Å². The van der Waals surface area contributed by atoms with Crippen molar-refractivity contribution < 1.29 is 9.90 Å². The molecule has 0 saturated carbocycles. The summed E-state index contributed by atoms with van der Waals surface area (Å²) in [5.41, 5.74) is -0.0701. The second-order valence-corrected chi connectivity index (χ2v) is 4.34. The third kappa shape index (κ3) is 3.82. The zero-order valence-electron chi connectivity index (χ0n) is 11.2. The van der Waals surface area contributed by atoms with Gasteiger partial charge in [-0.25, -0.2) is 0 Å². The number of rotatable bonds is 7. The van der Waals surface area contributed by atoms with Gasteiger partial charge in [0.05, 0.1) is 0 Å². The minimum absolute atomic E-state index is 0.289. The van der Waals surface area contributed by atoms with Crippen LogP contribution in [0, 0.1) is 16.7 Å². The highest BCUT2D eigenvalue weighted by Gasteiger charge is 2.30. The Morgan fingerprint density at radius 2 is 1.90 bits per heavy atom. The van der Waals surface area contributed by atoms with Gasteiger partial charge in [0.15, 0.2) is 5.72 Å². The summed E-state index contributed by atoms with van der Waals surface area (Å²) in [4.78, 5) is 32.5. The molecule has 0 fully saturated rings. The third-order valence-electron chi connectivity index (χ3n) is 2.76. The molecule has 0 aliphatic heterocycles. The Morgan fingerprint density at radius 1 is 1.30 bits per heavy atom. The number of hydrogen-bond acceptors (Lipinski definition) is 7. The summed E-state index contributed by atoms with van der Waals surface area (Å²) in [6.45, 7) is 0.505. The van der Waals surface area contributed by atoms with Crippen LogP contribution >= 0.6 is 0 Å². The lowest BCUT2D eigenvalue weighted by molar-refractivity contribution is 0.0223. The summed E-state index contributed by atoms with van der Waals surface area (Å²) in [5, 5.41) is 20.0. The zero-order chi connectivity index (χ0) is 15.2. The molecule has 1 amide bonds. The van der Waals surface area contributed by atoms with E-state index < -0.39 is 24.7 Å². The molecule has 20 heavy (non-hydrogen) atoms. The standard InChI is InChI=1S/C12H16N4O4/c1-8-5-9(3-4-10(8)13-2)11(17)16-12(18,6-14-19)7-15-20/h3-5,13,18H,6-7H2,1-2H3,(H,16,17). The minimum Gasteiger partial charge on any atom is -0.388 e. The molecule has 0 aliphatic rings. The Kier molecular flexibility index (Phi) is 5.27. The van der Waals surface area contributed by atoms with E-state index in [-0.39, 0.29) is 5.56 Å². The smallest absolute Gasteiger partial charge is 0.253 e. The summed E-state index contributed by atoms with van der Waals surface area (Å²) < 4.78 is 0. The minimum atomic E-state index is -2.06. The quantitative estimate of drug-likeness (QED) is 0.508. The van der Waals surface area contributed by atoms with Crippen LogP contribution in [0.4, 0.5) is 5.69 Å². The van der Waals surface area contributed by atoms with Gasteiger partial charge in [-0.2, -0.15) is 9.81 Å². The lowest BCUT2D eigenvalue weighted by Crippen LogP contribution is -2.53. The fraction of sp³-hybridized carbons (Fsp3) is 0.417. The van der Waals surface area contributed by atoms with Crippen LogP contribution in [0.15, 0.2) is 28.6 Å². The van der Waals surface area contributed by atoms with Crippen LogP contribution in [-0.4, -0.2) is 36.9 Å². The van der Waals surface area contributed by atoms with Gasteiger partial charge in [0.2, 0.25) is 0 Å². The van der Waals surface area contributed by atoms with E-state index >= 15 is 0 Å². The third-order valence-corrected chi connectivity index (χ3v) is 2.76. The molecule has 3 N–H and O–H groups in total. The maximum atomic E-state index is 12.0. The number of benzene rings is 1. The summed E-state index contributed by atoms with van der Waals surface area (Å²) in [6.07, 6.45) is 0. The molecule has 1 rings (SSSR count). The van der Waals surface area contributed by atoms with E-state index in [0.29, 0.717) is 0 Å². The predicted octanol–water partition coefficient (Wildman–Crippen LogP) is 0.988. The fourth-order valence-corrected chi connectivity index (χ4v) is 1.71. The monoisotopic (exact) mass is 280 g/mol. The molecular weight excluding hydrogens is 264 g/mol. The van der Waals surface area contributed by atoms with Gasteiger partial charge in [-0.05, 0) is 30.7 Å². The van der Waals surface area contributed by atoms with Crippen molar-refractivity contribution in [2.75, 3.05) is 25.5 Å². The Morgan fingerprint density at radius 3 is 2.35 bits per heavy atom. The first-order valence-corrected chi connectivity index (χ1v) is 5.87. The Labute approximate surface area is 115 Å². The van der Waals surface area contributed by atoms with Gasteiger partial charge in [0.25, 0.3) is 5.91 Å². The first-order chi connectivity index (χ1) is 9.45. The first-order valence-electron chi connectivity index (χ1n) is 5.87. The SMILES string of the molecule is CNc1ccc(C(=O)NC(O)(CN=O)CN=O)cc1C. The molecule has 0 radical (unpaired) electrons. The molecular formula is C12H16N4O4. The van der Waals surface area contributed by atoms with Gasteiger partial charge in [-0.1, -0.05) is 10.4 Å². The van der Waals surface area contributed by atoms with Crippen LogP contribution in [0.25, 0.3) is 0 Å². The van der Waals surface area contributed by atoms with Crippen LogP contribution in [0.5, 0.6) is 0 Å². The molecule has 0 spiro atoms. The maximum Gasteiger partial charge on any atom is 0.253 e. The summed E-state index contributed by atoms with van der Waals surface area (Å²) in [6, 6.07) is 4.88. The average Bonchev–Trinajstić information content (AvgIpc) is 2.38. The van der Waals surface area contributed by atoms with Gasteiger partial charge in [-0.15, -0.1) is 0 Å². The number of nitrogens with one attached hydrogen (secondary N) is 2. The molecule has 0 heterocycles. The number of carbonyl (C=O) groups is 1. The number of hydrogen-bond donors (Lipinski definition) is 3. The highest BCUT2D eigenvalue weighted by Crippen LogP contribution is 2.16. The van der Waals surface area contributed by atoms with Gasteiger partial charge < -0.3 is 15.7 Å². The highest BCUT2D eigenvalue weighted by atomic mass is 16.3. The Hall–Kier alpha value is -2.35. The van der Waals surface area contributed by atoms with Gasteiger partial charge >= 0.3 is 0 Å². The number of carbonyl (C=O) groups excluding carboxylic acids is 1. The molecule has 0 bridgehead atoms. The van der Waals surface area contributed by atoms with E-state index in [1.165, 1.54) is 0 Å². The normalized spacial score (nSPS) is 10.8. The van der Waals surface area contributed by atoms with E-state index in [1.54, 1.807) is 25.2 Å². The molecule has 0 unspecified atom stereocenters. The van der Waals surface area contributed by atoms with Crippen molar-refractivity contribution in [3.63, 3.8) is 0 Å². The second kappa shape index (κ2) is 6.71. The number of amides is 1. The molecule has 0 aromatic heterocycles. The first kappa shape index (κ1) is 15.7. The molecule has 0 aliphatic carbocycles. The molecule has 8 nitrogen and oxygen atoms in total. The topological polar surface area (TPSA) is 120 Å². The van der Waals surface area contributed by atoms with Crippen LogP contribution in [0.3, 0.4) is 0 Å². The van der Waals surface area contributed by atoms with Crippen LogP contribution in [0.1, 0.15) is 15.9 Å². The number of nitroso groups, excluding NO2 is 2. The van der Waals surface area contributed by atoms with Gasteiger partial charge in [0.1, 0.15) is 13.1 Å². The molecule has 108 valence electrons. The lowest BCUT2D eigenvalue weighted by Gasteiger charge is -2.23. The molecule has 0 atom stereocenters. The van der Waals surface area contributed by atoms with Gasteiger partial charge in [-0.3, -0.25) is 4.79 Å². The van der Waals surface area contributed by atoms with Crippen LogP contribution in [0.2, 0.25) is 0 Å². The second-order valence-electron chi connectivity index (χ2n) is 4.34. The van der Waals surface area contributed by atoms with Gasteiger partial charge in [0, 0.05) is 18.3 Å². The summed E-state index contributed by atoms with van der Waals surface area (Å²) in [5.74, 6) is -0.620. The van der Waals surface area contributed by atoms with Crippen molar-refractivity contribution >= 4 is 11.6 Å². The number of nitrogens with zero attached hydrogens (tertiary/aromatic N) is 2. The van der Waals surface area contributed by atoms with Crippen molar-refractivity contribution in [1.29, 1.82) is 0 Å². The highest BCUT2D eigenvalue weighted by molar-refractivity contribution is 5.95. The average molecular weight is 280 g/mol. The Balaban J connectivity index is 2.91. The predicted molar refractivity (Wildman–Crippen MR) is 74.5 cm³/mol. The van der Waals surface area contributed by atoms with Crippen molar-refractivity contribution in [2.45, 2.75) is 12.6 Å². The maximum absolute atomic E-state index is 12.0. The van der Waals surface area contributed by atoms with E-state index in [0.717, 1.165) is 11.3 Å². The molecule has 8 heteroatoms. The molecule has 0 saturated heterocycles. The number of aliphatic hydroxyl groups is 1. The van der Waals surface area contributed by atoms with E-state index in [1.807, 2.05) is 6.92 Å². The fourth-order valence-electron chi connectivity index (χ4n) is 1.71. The van der Waals surface area contributed by atoms with Crippen molar-refractivity contribution in [3.05, 3.63) is 39.1 Å². The van der Waals surface area contributed by atoms with Crippen molar-refractivity contribution in [2.24, 2.45) is 10.4 Å². The van der Waals surface area contributed by atoms with Crippen molar-refractivity contribution in [3.8, 4) is 0 Å². The summed E-state index contributed by atoms with van der Waals surface area (Å²) in [7, 11) is 1.76. The summed E-state index contributed by atoms with van der Waals surface area (Å²) >= 11 is 0. The van der Waals surface area contributed by atoms with Crippen LogP contribution < -0.4 is 10.6 Å². The zero-order valence-corrected chi connectivity index (χ0v) is 11.2. The van der Waals surface area contributed by atoms with E-state index in [4.69, 9.17) is 0 Å². The number of aryl methyl sites for hydroxylation is 1. The molecule has 1 aromatic rings. The van der Waals surface area contributed by atoms with E-state index in [2.05, 4.69) is 21.0 Å². The van der Waals surface area contributed by atoms with Crippen molar-refractivity contribution in [1.82, 2.24) is 5.32 Å². The Bertz CT molecular complexity index is 508. The number of anilines is 1. The molecule has 1 aromatic carbocycles. The van der Waals surface area contributed by atoms with Crippen LogP contribution in [-0.2, 0) is 0 Å². The lowest BCUT2D eigenvalue weighted by atomic mass is 10.1.